The average Bonchev–Trinajstić information content (AvgIpc) is 2.95. The number of carbonyl (C=O) groups is 1. The fourth-order valence-corrected chi connectivity index (χ4v) is 9.16. The molecule has 0 saturated carbocycles. The molecule has 1 aliphatic heterocycles. The van der Waals surface area contributed by atoms with Crippen LogP contribution < -0.4 is 33.9 Å². The van der Waals surface area contributed by atoms with E-state index in [9.17, 15) is 33.2 Å². The standard InChI is InChI=1S/C31H49N6O7P3.HI/c1-33-21-27-7-5-6-8-28(27)29-19-26(9-10-30(29)33)20-32-31(38)22-34-11-13-35(23-45(2,39)40)15-17-37(25-47(4,43)44)18-16-36(14-12-34)24-46(3,41)42;/h5-10,19,21H,11-18,20,22-25H2,1-4H3,(H3-,32,38,39,40,41,42,43,44);1H. The zero-order valence-electron chi connectivity index (χ0n) is 28.2. The van der Waals surface area contributed by atoms with Gasteiger partial charge in [0.15, 0.2) is 6.20 Å². The summed E-state index contributed by atoms with van der Waals surface area (Å²) in [7, 11) is -8.17. The molecule has 13 nitrogen and oxygen atoms in total. The number of hydrogen-bond acceptors (Lipinski definition) is 8. The quantitative estimate of drug-likeness (QED) is 0.0881. The van der Waals surface area contributed by atoms with E-state index in [0.717, 1.165) is 27.2 Å². The maximum Gasteiger partial charge on any atom is 0.234 e. The van der Waals surface area contributed by atoms with Crippen LogP contribution >= 0.6 is 22.1 Å². The molecule has 4 N–H and O–H groups in total. The highest BCUT2D eigenvalue weighted by molar-refractivity contribution is 7.57. The monoisotopic (exact) mass is 838 g/mol. The van der Waals surface area contributed by atoms with Crippen molar-refractivity contribution in [1.82, 2.24) is 24.9 Å². The number of halogens is 1. The van der Waals surface area contributed by atoms with E-state index >= 15 is 0 Å². The van der Waals surface area contributed by atoms with Gasteiger partial charge in [0.2, 0.25) is 33.5 Å². The van der Waals surface area contributed by atoms with Crippen LogP contribution in [0.1, 0.15) is 5.56 Å². The maximum absolute atomic E-state index is 13.3. The van der Waals surface area contributed by atoms with Crippen LogP contribution in [0, 0.1) is 0 Å². The summed E-state index contributed by atoms with van der Waals surface area (Å²) in [6.07, 6.45) is 1.99. The van der Waals surface area contributed by atoms with Crippen molar-refractivity contribution in [3.8, 4) is 0 Å². The number of nitrogens with one attached hydrogen (secondary N) is 1. The second-order valence-corrected chi connectivity index (χ2v) is 20.3. The van der Waals surface area contributed by atoms with E-state index in [2.05, 4.69) is 40.3 Å². The predicted molar refractivity (Wildman–Crippen MR) is 187 cm³/mol. The number of aromatic nitrogens is 1. The van der Waals surface area contributed by atoms with Crippen molar-refractivity contribution in [3.05, 3.63) is 54.2 Å². The number of aryl methyl sites for hydroxylation is 1. The van der Waals surface area contributed by atoms with E-state index in [-0.39, 0.29) is 55.3 Å². The molecule has 0 spiro atoms. The summed E-state index contributed by atoms with van der Waals surface area (Å²) in [5, 5.41) is 6.43. The number of pyridine rings is 1. The van der Waals surface area contributed by atoms with Gasteiger partial charge in [-0.05, 0) is 17.7 Å². The highest BCUT2D eigenvalue weighted by atomic mass is 127. The Bertz CT molecular complexity index is 1660. The molecule has 1 aromatic heterocycles. The normalized spacial score (nSPS) is 20.5. The SMILES string of the molecule is C[n+]1cc2ccccc2c2cc(CNC(=O)CN3CCN(CP(C)(=O)O)CCN(CP(C)(=O)O)CCN(CP(C)(=O)O)CC3)ccc21.[I-]. The first-order chi connectivity index (χ1) is 21.9. The van der Waals surface area contributed by atoms with Crippen LogP contribution in [-0.4, -0.2) is 138 Å². The van der Waals surface area contributed by atoms with Crippen molar-refractivity contribution < 1.29 is 61.7 Å². The molecule has 1 aliphatic rings. The molecular formula is C31H50IN6O7P3. The molecule has 1 fully saturated rings. The van der Waals surface area contributed by atoms with E-state index in [1.54, 1.807) is 0 Å². The fourth-order valence-electron chi connectivity index (χ4n) is 6.08. The van der Waals surface area contributed by atoms with Crippen molar-refractivity contribution in [2.45, 2.75) is 6.54 Å². The molecule has 1 amide bonds. The Morgan fingerprint density at radius 2 is 1.19 bits per heavy atom. The van der Waals surface area contributed by atoms with Crippen molar-refractivity contribution >= 4 is 49.7 Å². The summed E-state index contributed by atoms with van der Waals surface area (Å²) in [6.45, 7) is 7.57. The van der Waals surface area contributed by atoms with E-state index < -0.39 is 22.1 Å². The Labute approximate surface area is 300 Å². The molecule has 268 valence electrons. The van der Waals surface area contributed by atoms with Crippen LogP contribution in [0.4, 0.5) is 0 Å². The van der Waals surface area contributed by atoms with Gasteiger partial charge in [-0.25, -0.2) is 4.57 Å². The predicted octanol–water partition coefficient (Wildman–Crippen LogP) is -0.768. The van der Waals surface area contributed by atoms with Crippen molar-refractivity contribution in [3.63, 3.8) is 0 Å². The number of amides is 1. The van der Waals surface area contributed by atoms with E-state index in [1.807, 2.05) is 44.8 Å². The van der Waals surface area contributed by atoms with Crippen LogP contribution in [-0.2, 0) is 32.1 Å². The third kappa shape index (κ3) is 13.8. The summed E-state index contributed by atoms with van der Waals surface area (Å²) < 4.78 is 39.1. The Hall–Kier alpha value is -1.28. The van der Waals surface area contributed by atoms with Crippen molar-refractivity contribution in [2.75, 3.05) is 97.8 Å². The van der Waals surface area contributed by atoms with Gasteiger partial charge in [0.25, 0.3) is 0 Å². The fraction of sp³-hybridized carbons (Fsp3) is 0.548. The first kappa shape index (κ1) is 41.1. The van der Waals surface area contributed by atoms with Crippen LogP contribution in [0.5, 0.6) is 0 Å². The molecule has 0 radical (unpaired) electrons. The molecular weight excluding hydrogens is 788 g/mol. The topological polar surface area (TPSA) is 158 Å². The summed E-state index contributed by atoms with van der Waals surface area (Å²) in [5.74, 6) is -0.168. The molecule has 4 rings (SSSR count). The minimum Gasteiger partial charge on any atom is -1.00 e. The molecule has 2 heterocycles. The lowest BCUT2D eigenvalue weighted by atomic mass is 10.0. The van der Waals surface area contributed by atoms with Gasteiger partial charge in [-0.3, -0.25) is 38.1 Å². The Kier molecular flexibility index (Phi) is 15.2. The third-order valence-corrected chi connectivity index (χ3v) is 11.0. The van der Waals surface area contributed by atoms with Crippen LogP contribution in [0.25, 0.3) is 21.7 Å². The van der Waals surface area contributed by atoms with Crippen LogP contribution in [0.3, 0.4) is 0 Å². The molecule has 17 heteroatoms. The number of benzene rings is 2. The lowest BCUT2D eigenvalue weighted by molar-refractivity contribution is -0.643. The lowest BCUT2D eigenvalue weighted by Crippen LogP contribution is -3.00. The zero-order valence-corrected chi connectivity index (χ0v) is 33.1. The molecule has 2 aromatic carbocycles. The van der Waals surface area contributed by atoms with Crippen molar-refractivity contribution in [1.29, 1.82) is 0 Å². The van der Waals surface area contributed by atoms with Gasteiger partial charge in [-0.15, -0.1) is 0 Å². The third-order valence-electron chi connectivity index (χ3n) is 8.20. The molecule has 3 atom stereocenters. The van der Waals surface area contributed by atoms with Gasteiger partial charge in [0.05, 0.1) is 30.8 Å². The lowest BCUT2D eigenvalue weighted by Gasteiger charge is -2.34. The Morgan fingerprint density at radius 3 is 1.67 bits per heavy atom. The van der Waals surface area contributed by atoms with Gasteiger partial charge in [0, 0.05) is 95.7 Å². The highest BCUT2D eigenvalue weighted by Gasteiger charge is 2.25. The van der Waals surface area contributed by atoms with E-state index in [4.69, 9.17) is 0 Å². The van der Waals surface area contributed by atoms with E-state index in [1.165, 1.54) is 20.0 Å². The zero-order chi connectivity index (χ0) is 34.4. The van der Waals surface area contributed by atoms with Crippen LogP contribution in [0.2, 0.25) is 0 Å². The summed E-state index contributed by atoms with van der Waals surface area (Å²) in [4.78, 5) is 51.2. The molecule has 48 heavy (non-hydrogen) atoms. The Balaban J connectivity index is 0.00000625. The average molecular weight is 839 g/mol. The first-order valence-electron chi connectivity index (χ1n) is 15.8. The summed E-state index contributed by atoms with van der Waals surface area (Å²) in [6, 6.07) is 14.4. The molecule has 3 aromatic rings. The minimum absolute atomic E-state index is 0. The second kappa shape index (κ2) is 17.8. The largest absolute Gasteiger partial charge is 1.00 e. The van der Waals surface area contributed by atoms with Gasteiger partial charge in [0.1, 0.15) is 7.05 Å². The Morgan fingerprint density at radius 1 is 0.729 bits per heavy atom. The number of nitrogens with zero attached hydrogens (tertiary/aromatic N) is 5. The summed E-state index contributed by atoms with van der Waals surface area (Å²) in [5.41, 5.74) is 2.06. The maximum atomic E-state index is 13.3. The molecule has 3 unspecified atom stereocenters. The highest BCUT2D eigenvalue weighted by Crippen LogP contribution is 2.38. The smallest absolute Gasteiger partial charge is 0.234 e. The molecule has 1 saturated heterocycles. The number of hydrogen-bond donors (Lipinski definition) is 4. The molecule has 0 bridgehead atoms. The van der Waals surface area contributed by atoms with Gasteiger partial charge in [-0.1, -0.05) is 24.3 Å². The van der Waals surface area contributed by atoms with Crippen molar-refractivity contribution in [2.24, 2.45) is 7.05 Å². The summed E-state index contributed by atoms with van der Waals surface area (Å²) >= 11 is 0. The van der Waals surface area contributed by atoms with Gasteiger partial charge in [-0.2, -0.15) is 0 Å². The van der Waals surface area contributed by atoms with Gasteiger partial charge >= 0.3 is 0 Å². The second-order valence-electron chi connectivity index (χ2n) is 13.2. The van der Waals surface area contributed by atoms with Gasteiger partial charge < -0.3 is 44.0 Å². The van der Waals surface area contributed by atoms with E-state index in [0.29, 0.717) is 58.9 Å². The number of rotatable bonds is 10. The van der Waals surface area contributed by atoms with Crippen LogP contribution in [0.15, 0.2) is 48.7 Å². The first-order valence-corrected chi connectivity index (χ1v) is 22.7. The number of fused-ring (bicyclic) bond motifs is 3. The minimum atomic E-state index is -3.40. The molecule has 0 aliphatic carbocycles. The number of carbonyl (C=O) groups excluding carboxylic acids is 1.